The highest BCUT2D eigenvalue weighted by Gasteiger charge is 2.17. The van der Waals surface area contributed by atoms with Crippen molar-refractivity contribution in [1.82, 2.24) is 9.36 Å². The normalized spacial score (nSPS) is 12.0. The molecule has 0 bridgehead atoms. The van der Waals surface area contributed by atoms with Crippen LogP contribution in [0.2, 0.25) is 5.02 Å². The fourth-order valence-corrected chi connectivity index (χ4v) is 3.35. The van der Waals surface area contributed by atoms with Crippen LogP contribution in [0.3, 0.4) is 0 Å². The van der Waals surface area contributed by atoms with Gasteiger partial charge in [0.2, 0.25) is 5.13 Å². The predicted molar refractivity (Wildman–Crippen MR) is 98.1 cm³/mol. The molecular formula is C16H14ClN3O2S2. The van der Waals surface area contributed by atoms with Crippen LogP contribution in [0.25, 0.3) is 10.7 Å². The van der Waals surface area contributed by atoms with Gasteiger partial charge in [0.1, 0.15) is 5.75 Å². The van der Waals surface area contributed by atoms with Gasteiger partial charge in [-0.2, -0.15) is 9.36 Å². The van der Waals surface area contributed by atoms with Crippen LogP contribution in [0.1, 0.15) is 12.5 Å². The first-order chi connectivity index (χ1) is 11.5. The number of aromatic nitrogens is 2. The van der Waals surface area contributed by atoms with E-state index in [4.69, 9.17) is 16.3 Å². The van der Waals surface area contributed by atoms with Crippen molar-refractivity contribution in [2.45, 2.75) is 20.0 Å². The summed E-state index contributed by atoms with van der Waals surface area (Å²) in [4.78, 5) is 17.5. The van der Waals surface area contributed by atoms with Crippen LogP contribution in [-0.2, 0) is 4.79 Å². The maximum atomic E-state index is 12.2. The number of halogens is 1. The Morgan fingerprint density at radius 1 is 1.38 bits per heavy atom. The van der Waals surface area contributed by atoms with Crippen molar-refractivity contribution in [3.8, 4) is 16.5 Å². The molecule has 0 spiro atoms. The summed E-state index contributed by atoms with van der Waals surface area (Å²) in [6.07, 6.45) is -0.667. The zero-order chi connectivity index (χ0) is 17.1. The van der Waals surface area contributed by atoms with Crippen molar-refractivity contribution in [2.75, 3.05) is 5.32 Å². The number of rotatable bonds is 5. The van der Waals surface area contributed by atoms with Crippen molar-refractivity contribution in [2.24, 2.45) is 0 Å². The largest absolute Gasteiger partial charge is 0.481 e. The number of hydrogen-bond donors (Lipinski definition) is 1. The van der Waals surface area contributed by atoms with E-state index in [1.165, 1.54) is 0 Å². The number of amides is 1. The number of benzene rings is 1. The highest BCUT2D eigenvalue weighted by atomic mass is 35.5. The maximum Gasteiger partial charge on any atom is 0.266 e. The number of aryl methyl sites for hydroxylation is 1. The fraction of sp³-hybridized carbons (Fsp3) is 0.188. The van der Waals surface area contributed by atoms with Crippen molar-refractivity contribution in [3.63, 3.8) is 0 Å². The molecular weight excluding hydrogens is 366 g/mol. The lowest BCUT2D eigenvalue weighted by Gasteiger charge is -2.14. The smallest absolute Gasteiger partial charge is 0.266 e. The molecule has 124 valence electrons. The summed E-state index contributed by atoms with van der Waals surface area (Å²) >= 11 is 8.68. The van der Waals surface area contributed by atoms with Gasteiger partial charge in [-0.25, -0.2) is 0 Å². The highest BCUT2D eigenvalue weighted by molar-refractivity contribution is 7.14. The average molecular weight is 380 g/mol. The van der Waals surface area contributed by atoms with E-state index in [1.807, 2.05) is 24.4 Å². The molecule has 0 saturated heterocycles. The number of hydrogen-bond acceptors (Lipinski definition) is 6. The third kappa shape index (κ3) is 3.92. The molecule has 8 heteroatoms. The molecule has 0 aliphatic rings. The van der Waals surface area contributed by atoms with E-state index in [-0.39, 0.29) is 5.91 Å². The van der Waals surface area contributed by atoms with Gasteiger partial charge in [0, 0.05) is 16.6 Å². The van der Waals surface area contributed by atoms with E-state index in [2.05, 4.69) is 14.7 Å². The first kappa shape index (κ1) is 16.9. The maximum absolute atomic E-state index is 12.2. The minimum absolute atomic E-state index is 0.281. The van der Waals surface area contributed by atoms with E-state index >= 15 is 0 Å². The van der Waals surface area contributed by atoms with Crippen molar-refractivity contribution < 1.29 is 9.53 Å². The van der Waals surface area contributed by atoms with Crippen LogP contribution in [0.4, 0.5) is 5.13 Å². The van der Waals surface area contributed by atoms with E-state index in [0.29, 0.717) is 21.7 Å². The second-order valence-electron chi connectivity index (χ2n) is 5.06. The topological polar surface area (TPSA) is 64.1 Å². The summed E-state index contributed by atoms with van der Waals surface area (Å²) in [6, 6.07) is 9.15. The van der Waals surface area contributed by atoms with Gasteiger partial charge in [-0.05, 0) is 49.1 Å². The molecule has 0 fully saturated rings. The van der Waals surface area contributed by atoms with Crippen LogP contribution in [0.15, 0.2) is 35.7 Å². The van der Waals surface area contributed by atoms with E-state index < -0.39 is 6.10 Å². The Hall–Kier alpha value is -1.96. The molecule has 0 saturated carbocycles. The van der Waals surface area contributed by atoms with Crippen LogP contribution in [0.5, 0.6) is 5.75 Å². The Balaban J connectivity index is 1.63. The number of nitrogens with zero attached hydrogens (tertiary/aromatic N) is 2. The summed E-state index contributed by atoms with van der Waals surface area (Å²) in [5.41, 5.74) is 0.895. The van der Waals surface area contributed by atoms with Crippen molar-refractivity contribution >= 4 is 45.5 Å². The molecule has 3 aromatic rings. The number of ether oxygens (including phenoxy) is 1. The Morgan fingerprint density at radius 2 is 2.21 bits per heavy atom. The van der Waals surface area contributed by atoms with Crippen LogP contribution >= 0.6 is 34.5 Å². The minimum Gasteiger partial charge on any atom is -0.481 e. The van der Waals surface area contributed by atoms with Gasteiger partial charge in [-0.3, -0.25) is 10.1 Å². The van der Waals surface area contributed by atoms with Crippen molar-refractivity contribution in [1.29, 1.82) is 0 Å². The van der Waals surface area contributed by atoms with E-state index in [0.717, 1.165) is 22.0 Å². The van der Waals surface area contributed by atoms with E-state index in [1.54, 1.807) is 36.5 Å². The van der Waals surface area contributed by atoms with Gasteiger partial charge in [0.05, 0.1) is 4.88 Å². The number of thiophene rings is 1. The lowest BCUT2D eigenvalue weighted by atomic mass is 10.2. The lowest BCUT2D eigenvalue weighted by molar-refractivity contribution is -0.122. The molecule has 0 radical (unpaired) electrons. The van der Waals surface area contributed by atoms with Gasteiger partial charge in [0.15, 0.2) is 11.9 Å². The molecule has 2 aromatic heterocycles. The molecule has 1 N–H and O–H groups in total. The SMILES string of the molecule is Cc1cc(O[C@H](C)C(=O)Nc2nc(-c3cccs3)ns2)ccc1Cl. The monoisotopic (exact) mass is 379 g/mol. The molecule has 0 aliphatic heterocycles. The molecule has 0 unspecified atom stereocenters. The minimum atomic E-state index is -0.667. The summed E-state index contributed by atoms with van der Waals surface area (Å²) < 4.78 is 9.90. The second kappa shape index (κ2) is 7.29. The zero-order valence-corrected chi connectivity index (χ0v) is 15.3. The third-order valence-electron chi connectivity index (χ3n) is 3.21. The fourth-order valence-electron chi connectivity index (χ4n) is 1.94. The highest BCUT2D eigenvalue weighted by Crippen LogP contribution is 2.25. The first-order valence-electron chi connectivity index (χ1n) is 7.14. The molecule has 5 nitrogen and oxygen atoms in total. The predicted octanol–water partition coefficient (Wildman–Crippen LogP) is 4.63. The first-order valence-corrected chi connectivity index (χ1v) is 9.17. The third-order valence-corrected chi connectivity index (χ3v) is 5.13. The Labute approximate surface area is 152 Å². The van der Waals surface area contributed by atoms with Gasteiger partial charge in [0.25, 0.3) is 5.91 Å². The Bertz CT molecular complexity index is 849. The van der Waals surface area contributed by atoms with Gasteiger partial charge < -0.3 is 4.74 Å². The second-order valence-corrected chi connectivity index (χ2v) is 7.17. The van der Waals surface area contributed by atoms with Gasteiger partial charge in [-0.15, -0.1) is 11.3 Å². The summed E-state index contributed by atoms with van der Waals surface area (Å²) in [5.74, 6) is 0.930. The Morgan fingerprint density at radius 3 is 2.92 bits per heavy atom. The van der Waals surface area contributed by atoms with Crippen LogP contribution in [-0.4, -0.2) is 21.4 Å². The summed E-state index contributed by atoms with van der Waals surface area (Å²) in [7, 11) is 0. The molecule has 1 aromatic carbocycles. The summed E-state index contributed by atoms with van der Waals surface area (Å²) in [5, 5.41) is 5.80. The van der Waals surface area contributed by atoms with Crippen molar-refractivity contribution in [3.05, 3.63) is 46.3 Å². The average Bonchev–Trinajstić information content (AvgIpc) is 3.21. The standard InChI is InChI=1S/C16H14ClN3O2S2/c1-9-8-11(5-6-12(9)17)22-10(2)15(21)19-16-18-14(20-24-16)13-4-3-7-23-13/h3-8,10H,1-2H3,(H,18,19,20,21)/t10-/m1/s1. The molecule has 2 heterocycles. The number of carbonyl (C=O) groups is 1. The van der Waals surface area contributed by atoms with Crippen LogP contribution < -0.4 is 10.1 Å². The quantitative estimate of drug-likeness (QED) is 0.701. The molecule has 0 aliphatic carbocycles. The molecule has 3 rings (SSSR count). The molecule has 24 heavy (non-hydrogen) atoms. The molecule has 1 amide bonds. The molecule has 1 atom stereocenters. The zero-order valence-electron chi connectivity index (χ0n) is 12.9. The summed E-state index contributed by atoms with van der Waals surface area (Å²) in [6.45, 7) is 3.56. The van der Waals surface area contributed by atoms with Crippen LogP contribution in [0, 0.1) is 6.92 Å². The van der Waals surface area contributed by atoms with E-state index in [9.17, 15) is 4.79 Å². The number of anilines is 1. The number of nitrogens with one attached hydrogen (secondary N) is 1. The Kier molecular flexibility index (Phi) is 5.13. The number of carbonyl (C=O) groups excluding carboxylic acids is 1. The van der Waals surface area contributed by atoms with Gasteiger partial charge >= 0.3 is 0 Å². The lowest BCUT2D eigenvalue weighted by Crippen LogP contribution is -2.30. The van der Waals surface area contributed by atoms with Gasteiger partial charge in [-0.1, -0.05) is 17.7 Å².